The number of nitrogens with one attached hydrogen (secondary N) is 1. The van der Waals surface area contributed by atoms with Crippen molar-refractivity contribution in [2.24, 2.45) is 12.1 Å². The highest BCUT2D eigenvalue weighted by atomic mass is 16.5. The fraction of sp³-hybridized carbons (Fsp3) is 0.409. The summed E-state index contributed by atoms with van der Waals surface area (Å²) in [6.45, 7) is 0. The van der Waals surface area contributed by atoms with Gasteiger partial charge in [-0.25, -0.2) is 10.4 Å². The highest BCUT2D eigenvalue weighted by Gasteiger charge is 2.23. The number of rotatable bonds is 7. The summed E-state index contributed by atoms with van der Waals surface area (Å²) in [5.74, 6) is 1.69. The molecule has 1 aromatic carbocycles. The second-order valence-corrected chi connectivity index (χ2v) is 7.71. The van der Waals surface area contributed by atoms with Gasteiger partial charge in [-0.2, -0.15) is 10.1 Å². The van der Waals surface area contributed by atoms with Crippen molar-refractivity contribution in [1.82, 2.24) is 19.1 Å². The largest absolute Gasteiger partial charge is 0.493 e. The zero-order chi connectivity index (χ0) is 23.5. The summed E-state index contributed by atoms with van der Waals surface area (Å²) in [7, 11) is 6.16. The van der Waals surface area contributed by atoms with E-state index in [0.29, 0.717) is 34.0 Å². The van der Waals surface area contributed by atoms with Crippen LogP contribution in [0.1, 0.15) is 37.3 Å². The van der Waals surface area contributed by atoms with Crippen LogP contribution in [0.2, 0.25) is 0 Å². The lowest BCUT2D eigenvalue weighted by Crippen LogP contribution is -2.42. The molecule has 0 amide bonds. The molecule has 0 spiro atoms. The van der Waals surface area contributed by atoms with Crippen LogP contribution < -0.4 is 30.8 Å². The Labute approximate surface area is 189 Å². The van der Waals surface area contributed by atoms with Gasteiger partial charge in [-0.1, -0.05) is 12.8 Å². The van der Waals surface area contributed by atoms with E-state index in [2.05, 4.69) is 20.5 Å². The lowest BCUT2D eigenvalue weighted by molar-refractivity contribution is 0.324. The van der Waals surface area contributed by atoms with Crippen LogP contribution in [0.3, 0.4) is 0 Å². The van der Waals surface area contributed by atoms with Gasteiger partial charge in [0.1, 0.15) is 5.52 Å². The first-order valence-corrected chi connectivity index (χ1v) is 10.6. The predicted molar refractivity (Wildman–Crippen MR) is 124 cm³/mol. The molecule has 33 heavy (non-hydrogen) atoms. The Balaban J connectivity index is 1.68. The fourth-order valence-electron chi connectivity index (χ4n) is 4.13. The molecule has 0 atom stereocenters. The van der Waals surface area contributed by atoms with Gasteiger partial charge in [-0.05, 0) is 25.0 Å². The summed E-state index contributed by atoms with van der Waals surface area (Å²) in [6, 6.07) is 3.46. The monoisotopic (exact) mass is 454 g/mol. The van der Waals surface area contributed by atoms with E-state index < -0.39 is 11.1 Å². The molecule has 1 aliphatic carbocycles. The van der Waals surface area contributed by atoms with Crippen LogP contribution in [-0.4, -0.2) is 46.6 Å². The Morgan fingerprint density at radius 3 is 2.33 bits per heavy atom. The molecular weight excluding hydrogens is 428 g/mol. The first-order chi connectivity index (χ1) is 16.0. The van der Waals surface area contributed by atoms with Crippen molar-refractivity contribution in [3.8, 4) is 17.2 Å². The van der Waals surface area contributed by atoms with E-state index in [9.17, 15) is 9.59 Å². The summed E-state index contributed by atoms with van der Waals surface area (Å²) in [5, 5.41) is 4.21. The Bertz CT molecular complexity index is 1300. The molecule has 1 fully saturated rings. The number of methoxy groups -OCH3 is 3. The van der Waals surface area contributed by atoms with E-state index in [-0.39, 0.29) is 12.0 Å². The molecular formula is C22H26N6O5. The summed E-state index contributed by atoms with van der Waals surface area (Å²) < 4.78 is 18.8. The molecule has 0 radical (unpaired) electrons. The van der Waals surface area contributed by atoms with Crippen LogP contribution in [0.4, 0.5) is 5.95 Å². The molecule has 2 heterocycles. The van der Waals surface area contributed by atoms with Gasteiger partial charge in [0, 0.05) is 18.7 Å². The summed E-state index contributed by atoms with van der Waals surface area (Å²) in [6.07, 6.45) is 6.80. The fourth-order valence-corrected chi connectivity index (χ4v) is 4.13. The maximum atomic E-state index is 12.8. The molecule has 174 valence electrons. The molecule has 2 aromatic heterocycles. The molecule has 1 N–H and O–H groups in total. The zero-order valence-electron chi connectivity index (χ0n) is 19.0. The molecule has 0 aliphatic heterocycles. The number of anilines is 1. The third-order valence-electron chi connectivity index (χ3n) is 5.80. The first kappa shape index (κ1) is 22.3. The predicted octanol–water partition coefficient (Wildman–Crippen LogP) is 2.08. The molecule has 4 rings (SSSR count). The minimum absolute atomic E-state index is 0.0422. The average Bonchev–Trinajstić information content (AvgIpc) is 3.36. The topological polar surface area (TPSA) is 122 Å². The van der Waals surface area contributed by atoms with Crippen LogP contribution in [0, 0.1) is 0 Å². The zero-order valence-corrected chi connectivity index (χ0v) is 19.0. The number of hydrogen-bond donors (Lipinski definition) is 1. The molecule has 0 unspecified atom stereocenters. The maximum Gasteiger partial charge on any atom is 0.318 e. The number of benzene rings is 1. The second kappa shape index (κ2) is 9.31. The van der Waals surface area contributed by atoms with Crippen molar-refractivity contribution in [3.05, 3.63) is 44.6 Å². The minimum atomic E-state index is -0.584. The van der Waals surface area contributed by atoms with Crippen molar-refractivity contribution < 1.29 is 14.2 Å². The number of nitrogens with zero attached hydrogens (tertiary/aromatic N) is 5. The van der Waals surface area contributed by atoms with Gasteiger partial charge in [-0.15, -0.1) is 0 Å². The van der Waals surface area contributed by atoms with E-state index in [1.54, 1.807) is 25.4 Å². The third-order valence-corrected chi connectivity index (χ3v) is 5.80. The van der Waals surface area contributed by atoms with E-state index in [1.165, 1.54) is 36.7 Å². The van der Waals surface area contributed by atoms with Gasteiger partial charge in [0.2, 0.25) is 11.7 Å². The maximum absolute atomic E-state index is 12.8. The Morgan fingerprint density at radius 2 is 1.73 bits per heavy atom. The average molecular weight is 454 g/mol. The molecule has 11 nitrogen and oxygen atoms in total. The number of ether oxygens (including phenoxy) is 3. The van der Waals surface area contributed by atoms with Crippen LogP contribution in [0.5, 0.6) is 17.2 Å². The van der Waals surface area contributed by atoms with Crippen LogP contribution >= 0.6 is 0 Å². The lowest BCUT2D eigenvalue weighted by Gasteiger charge is -2.17. The third kappa shape index (κ3) is 4.13. The molecule has 1 aliphatic rings. The van der Waals surface area contributed by atoms with E-state index in [1.807, 2.05) is 0 Å². The number of fused-ring (bicyclic) bond motifs is 1. The Hall–Kier alpha value is -3.89. The quantitative estimate of drug-likeness (QED) is 0.327. The number of hydrazone groups is 1. The minimum Gasteiger partial charge on any atom is -0.493 e. The second-order valence-electron chi connectivity index (χ2n) is 7.71. The van der Waals surface area contributed by atoms with Crippen LogP contribution in [0.15, 0.2) is 33.0 Å². The Morgan fingerprint density at radius 1 is 1.06 bits per heavy atom. The van der Waals surface area contributed by atoms with Crippen molar-refractivity contribution >= 4 is 23.3 Å². The normalized spacial score (nSPS) is 14.2. The van der Waals surface area contributed by atoms with Gasteiger partial charge in [0.25, 0.3) is 0 Å². The molecule has 11 heteroatoms. The lowest BCUT2D eigenvalue weighted by atomic mass is 10.2. The van der Waals surface area contributed by atoms with E-state index in [0.717, 1.165) is 25.7 Å². The highest BCUT2D eigenvalue weighted by molar-refractivity contribution is 5.83. The van der Waals surface area contributed by atoms with Gasteiger partial charge in [0.15, 0.2) is 17.1 Å². The SMILES string of the molecule is COc1cc(/C=N/Nc2ncc3c(n2)n(C2CCCC2)c(=O)c(=O)n3C)cc(OC)c1OC. The van der Waals surface area contributed by atoms with Gasteiger partial charge in [0.05, 0.1) is 33.7 Å². The van der Waals surface area contributed by atoms with Crippen molar-refractivity contribution in [2.45, 2.75) is 31.7 Å². The first-order valence-electron chi connectivity index (χ1n) is 10.6. The summed E-state index contributed by atoms with van der Waals surface area (Å²) in [5.41, 5.74) is 3.24. The van der Waals surface area contributed by atoms with Crippen molar-refractivity contribution in [2.75, 3.05) is 26.8 Å². The standard InChI is InChI=1S/C22H26N6O5/c1-27-15-12-23-22(25-19(15)28(21(30)20(27)29)14-7-5-6-8-14)26-24-11-13-9-16(31-2)18(33-4)17(10-13)32-3/h9-12,14H,5-8H2,1-4H3,(H,23,25,26)/b24-11+. The molecule has 0 bridgehead atoms. The van der Waals surface area contributed by atoms with Gasteiger partial charge < -0.3 is 18.8 Å². The van der Waals surface area contributed by atoms with Gasteiger partial charge >= 0.3 is 11.1 Å². The molecule has 3 aromatic rings. The Kier molecular flexibility index (Phi) is 6.29. The highest BCUT2D eigenvalue weighted by Crippen LogP contribution is 2.37. The smallest absolute Gasteiger partial charge is 0.318 e. The number of aryl methyl sites for hydroxylation is 1. The van der Waals surface area contributed by atoms with Crippen molar-refractivity contribution in [1.29, 1.82) is 0 Å². The molecule has 1 saturated carbocycles. The number of aromatic nitrogens is 4. The summed E-state index contributed by atoms with van der Waals surface area (Å²) >= 11 is 0. The van der Waals surface area contributed by atoms with Gasteiger partial charge in [-0.3, -0.25) is 14.2 Å². The summed E-state index contributed by atoms with van der Waals surface area (Å²) in [4.78, 5) is 33.9. The van der Waals surface area contributed by atoms with Crippen molar-refractivity contribution in [3.63, 3.8) is 0 Å². The van der Waals surface area contributed by atoms with E-state index >= 15 is 0 Å². The van der Waals surface area contributed by atoms with E-state index in [4.69, 9.17) is 14.2 Å². The van der Waals surface area contributed by atoms with Crippen LogP contribution in [-0.2, 0) is 7.05 Å². The number of hydrogen-bond acceptors (Lipinski definition) is 9. The van der Waals surface area contributed by atoms with Crippen LogP contribution in [0.25, 0.3) is 11.2 Å². The molecule has 0 saturated heterocycles.